The largest absolute Gasteiger partial charge is 0.381 e. The van der Waals surface area contributed by atoms with E-state index in [2.05, 4.69) is 13.8 Å². The summed E-state index contributed by atoms with van der Waals surface area (Å²) in [5.74, 6) is 0. The zero-order chi connectivity index (χ0) is 16.1. The van der Waals surface area contributed by atoms with Gasteiger partial charge >= 0.3 is 0 Å². The van der Waals surface area contributed by atoms with Crippen LogP contribution in [0.5, 0.6) is 0 Å². The molecule has 0 saturated carbocycles. The van der Waals surface area contributed by atoms with Crippen LogP contribution in [0.3, 0.4) is 0 Å². The topological polar surface area (TPSA) is 9.23 Å². The van der Waals surface area contributed by atoms with E-state index >= 15 is 0 Å². The van der Waals surface area contributed by atoms with Crippen molar-refractivity contribution in [2.45, 2.75) is 109 Å². The lowest BCUT2D eigenvalue weighted by atomic mass is 10.1. The van der Waals surface area contributed by atoms with Crippen molar-refractivity contribution in [1.82, 2.24) is 0 Å². The average Bonchev–Trinajstić information content (AvgIpc) is 2.54. The Morgan fingerprint density at radius 2 is 0.636 bits per heavy atom. The predicted molar refractivity (Wildman–Crippen MR) is 100 cm³/mol. The molecule has 0 fully saturated rings. The van der Waals surface area contributed by atoms with Crippen LogP contribution in [0, 0.1) is 13.8 Å². The van der Waals surface area contributed by atoms with Crippen molar-refractivity contribution in [3.05, 3.63) is 13.8 Å². The minimum Gasteiger partial charge on any atom is -0.381 e. The summed E-state index contributed by atoms with van der Waals surface area (Å²) in [5.41, 5.74) is 0. The van der Waals surface area contributed by atoms with Gasteiger partial charge in [0, 0.05) is 13.2 Å². The Hall–Kier alpha value is -0.0400. The van der Waals surface area contributed by atoms with Crippen LogP contribution in [0.1, 0.15) is 109 Å². The molecule has 0 aliphatic rings. The summed E-state index contributed by atoms with van der Waals surface area (Å²) in [4.78, 5) is 0. The molecule has 132 valence electrons. The molecule has 0 N–H and O–H groups in total. The SMILES string of the molecule is [CH2]CCCCCCCCCCOCCCCCCCCC[CH2]. The van der Waals surface area contributed by atoms with Crippen molar-refractivity contribution in [3.63, 3.8) is 0 Å². The van der Waals surface area contributed by atoms with E-state index in [1.54, 1.807) is 0 Å². The molecule has 0 spiro atoms. The van der Waals surface area contributed by atoms with Crippen molar-refractivity contribution >= 4 is 0 Å². The van der Waals surface area contributed by atoms with Crippen LogP contribution in [0.15, 0.2) is 0 Å². The number of ether oxygens (including phenoxy) is 1. The lowest BCUT2D eigenvalue weighted by Crippen LogP contribution is -1.97. The Morgan fingerprint density at radius 1 is 0.364 bits per heavy atom. The Labute approximate surface area is 141 Å². The van der Waals surface area contributed by atoms with Gasteiger partial charge in [-0.1, -0.05) is 110 Å². The van der Waals surface area contributed by atoms with Gasteiger partial charge in [0.2, 0.25) is 0 Å². The zero-order valence-corrected chi connectivity index (χ0v) is 15.3. The molecule has 0 aliphatic heterocycles. The van der Waals surface area contributed by atoms with E-state index in [0.29, 0.717) is 0 Å². The quantitative estimate of drug-likeness (QED) is 0.227. The van der Waals surface area contributed by atoms with Gasteiger partial charge in [0.15, 0.2) is 0 Å². The fraction of sp³-hybridized carbons (Fsp3) is 0.905. The van der Waals surface area contributed by atoms with Gasteiger partial charge in [0.1, 0.15) is 0 Å². The number of hydrogen-bond donors (Lipinski definition) is 0. The highest BCUT2D eigenvalue weighted by Gasteiger charge is 1.94. The summed E-state index contributed by atoms with van der Waals surface area (Å²) >= 11 is 0. The van der Waals surface area contributed by atoms with E-state index in [9.17, 15) is 0 Å². The Morgan fingerprint density at radius 3 is 0.955 bits per heavy atom. The van der Waals surface area contributed by atoms with E-state index in [4.69, 9.17) is 4.74 Å². The van der Waals surface area contributed by atoms with Crippen molar-refractivity contribution < 1.29 is 4.74 Å². The molecular weight excluding hydrogens is 268 g/mol. The van der Waals surface area contributed by atoms with Gasteiger partial charge in [0.25, 0.3) is 0 Å². The van der Waals surface area contributed by atoms with Gasteiger partial charge in [-0.25, -0.2) is 0 Å². The van der Waals surface area contributed by atoms with Gasteiger partial charge in [-0.2, -0.15) is 0 Å². The molecule has 0 amide bonds. The first-order chi connectivity index (χ1) is 10.9. The second kappa shape index (κ2) is 21.0. The Kier molecular flexibility index (Phi) is 20.9. The molecule has 2 radical (unpaired) electrons. The second-order valence-corrected chi connectivity index (χ2v) is 6.62. The minimum atomic E-state index is 0.976. The maximum absolute atomic E-state index is 5.72. The third-order valence-electron chi connectivity index (χ3n) is 4.33. The normalized spacial score (nSPS) is 11.2. The Balaban J connectivity index is 2.91. The van der Waals surface area contributed by atoms with Crippen LogP contribution in [0.2, 0.25) is 0 Å². The van der Waals surface area contributed by atoms with E-state index in [-0.39, 0.29) is 0 Å². The lowest BCUT2D eigenvalue weighted by molar-refractivity contribution is 0.125. The summed E-state index contributed by atoms with van der Waals surface area (Å²) in [6.07, 6.45) is 22.6. The third kappa shape index (κ3) is 20.0. The minimum absolute atomic E-state index is 0.976. The highest BCUT2D eigenvalue weighted by atomic mass is 16.5. The molecule has 0 bridgehead atoms. The molecule has 0 aromatic heterocycles. The number of unbranched alkanes of at least 4 members (excludes halogenated alkanes) is 15. The maximum Gasteiger partial charge on any atom is 0.0466 e. The number of rotatable bonds is 19. The fourth-order valence-electron chi connectivity index (χ4n) is 2.81. The molecule has 22 heavy (non-hydrogen) atoms. The molecule has 0 aromatic carbocycles. The van der Waals surface area contributed by atoms with Crippen LogP contribution in [-0.2, 0) is 4.74 Å². The molecule has 0 aromatic rings. The lowest BCUT2D eigenvalue weighted by Gasteiger charge is -2.05. The molecule has 0 atom stereocenters. The smallest absolute Gasteiger partial charge is 0.0466 e. The molecule has 0 rings (SSSR count). The monoisotopic (exact) mass is 310 g/mol. The van der Waals surface area contributed by atoms with Crippen LogP contribution in [0.25, 0.3) is 0 Å². The Bertz CT molecular complexity index is 159. The highest BCUT2D eigenvalue weighted by molar-refractivity contribution is 4.49. The fourth-order valence-corrected chi connectivity index (χ4v) is 2.81. The van der Waals surface area contributed by atoms with E-state index in [0.717, 1.165) is 26.1 Å². The first kappa shape index (κ1) is 22.0. The first-order valence-corrected chi connectivity index (χ1v) is 10.1. The second-order valence-electron chi connectivity index (χ2n) is 6.62. The highest BCUT2D eigenvalue weighted by Crippen LogP contribution is 2.10. The van der Waals surface area contributed by atoms with Gasteiger partial charge in [-0.05, 0) is 12.8 Å². The van der Waals surface area contributed by atoms with Crippen molar-refractivity contribution in [3.8, 4) is 0 Å². The molecule has 1 nitrogen and oxygen atoms in total. The molecule has 0 saturated heterocycles. The van der Waals surface area contributed by atoms with Crippen molar-refractivity contribution in [1.29, 1.82) is 0 Å². The summed E-state index contributed by atoms with van der Waals surface area (Å²) in [5, 5.41) is 0. The third-order valence-corrected chi connectivity index (χ3v) is 4.33. The molecule has 0 heterocycles. The van der Waals surface area contributed by atoms with Gasteiger partial charge < -0.3 is 4.74 Å². The molecule has 0 aliphatic carbocycles. The van der Waals surface area contributed by atoms with E-state index in [1.165, 1.54) is 96.3 Å². The van der Waals surface area contributed by atoms with Crippen LogP contribution < -0.4 is 0 Å². The van der Waals surface area contributed by atoms with Gasteiger partial charge in [-0.15, -0.1) is 0 Å². The van der Waals surface area contributed by atoms with Crippen LogP contribution in [-0.4, -0.2) is 13.2 Å². The van der Waals surface area contributed by atoms with E-state index in [1.807, 2.05) is 0 Å². The van der Waals surface area contributed by atoms with Gasteiger partial charge in [0.05, 0.1) is 0 Å². The van der Waals surface area contributed by atoms with Gasteiger partial charge in [-0.3, -0.25) is 0 Å². The predicted octanol–water partition coefficient (Wildman–Crippen LogP) is 7.30. The van der Waals surface area contributed by atoms with Crippen LogP contribution in [0.4, 0.5) is 0 Å². The van der Waals surface area contributed by atoms with E-state index < -0.39 is 0 Å². The maximum atomic E-state index is 5.72. The molecular formula is C21H42O. The van der Waals surface area contributed by atoms with Crippen LogP contribution >= 0.6 is 0 Å². The van der Waals surface area contributed by atoms with Crippen molar-refractivity contribution in [2.75, 3.05) is 13.2 Å². The molecule has 1 heteroatoms. The van der Waals surface area contributed by atoms with Crippen molar-refractivity contribution in [2.24, 2.45) is 0 Å². The zero-order valence-electron chi connectivity index (χ0n) is 15.3. The summed E-state index contributed by atoms with van der Waals surface area (Å²) < 4.78 is 5.72. The summed E-state index contributed by atoms with van der Waals surface area (Å²) in [6, 6.07) is 0. The first-order valence-electron chi connectivity index (χ1n) is 10.1. The number of hydrogen-bond acceptors (Lipinski definition) is 1. The average molecular weight is 311 g/mol. The standard InChI is InChI=1S/C21H42O/c1-3-5-7-9-11-13-15-17-19-21-22-20-18-16-14-12-10-8-6-4-2/h1-21H2. The summed E-state index contributed by atoms with van der Waals surface area (Å²) in [6.45, 7) is 9.72. The summed E-state index contributed by atoms with van der Waals surface area (Å²) in [7, 11) is 0. The molecule has 0 unspecified atom stereocenters.